The van der Waals surface area contributed by atoms with E-state index in [0.29, 0.717) is 13.0 Å². The lowest BCUT2D eigenvalue weighted by molar-refractivity contribution is -0.121. The van der Waals surface area contributed by atoms with Crippen LogP contribution in [0.1, 0.15) is 41.6 Å². The van der Waals surface area contributed by atoms with E-state index in [1.54, 1.807) is 16.7 Å². The number of carbonyl (C=O) groups is 1. The number of nitrogens with two attached hydrogens (primary N) is 1. The normalized spacial score (nSPS) is 26.3. The Labute approximate surface area is 168 Å². The number of amides is 1. The number of carbonyl (C=O) groups excluding carboxylic acids is 1. The molecule has 0 radical (unpaired) electrons. The molecule has 4 rings (SSSR count). The van der Waals surface area contributed by atoms with Crippen molar-refractivity contribution >= 4 is 17.7 Å². The van der Waals surface area contributed by atoms with Crippen molar-refractivity contribution < 1.29 is 15.0 Å². The summed E-state index contributed by atoms with van der Waals surface area (Å²) in [5.74, 6) is 0.536. The quantitative estimate of drug-likeness (QED) is 0.688. The predicted molar refractivity (Wildman–Crippen MR) is 109 cm³/mol. The summed E-state index contributed by atoms with van der Waals surface area (Å²) in [5, 5.41) is 21.0. The maximum absolute atomic E-state index is 11.9. The summed E-state index contributed by atoms with van der Waals surface area (Å²) in [4.78, 5) is 15.8. The van der Waals surface area contributed by atoms with Gasteiger partial charge < -0.3 is 15.9 Å². The van der Waals surface area contributed by atoms with Crippen LogP contribution in [0.3, 0.4) is 0 Å². The molecule has 0 spiro atoms. The van der Waals surface area contributed by atoms with Crippen molar-refractivity contribution in [3.05, 3.63) is 71.3 Å². The van der Waals surface area contributed by atoms with Crippen LogP contribution >= 0.6 is 11.8 Å². The molecule has 2 aromatic rings. The van der Waals surface area contributed by atoms with Crippen molar-refractivity contribution in [2.75, 3.05) is 18.8 Å². The smallest absolute Gasteiger partial charge is 0.245 e. The maximum Gasteiger partial charge on any atom is 0.245 e. The highest BCUT2D eigenvalue weighted by molar-refractivity contribution is 8.00. The van der Waals surface area contributed by atoms with E-state index >= 15 is 0 Å². The Balaban J connectivity index is 1.55. The average Bonchev–Trinajstić information content (AvgIpc) is 3.29. The lowest BCUT2D eigenvalue weighted by Gasteiger charge is -2.33. The van der Waals surface area contributed by atoms with Crippen molar-refractivity contribution in [1.29, 1.82) is 0 Å². The second kappa shape index (κ2) is 8.23. The monoisotopic (exact) mass is 399 g/mol. The van der Waals surface area contributed by atoms with Gasteiger partial charge in [-0.3, -0.25) is 9.69 Å². The molecule has 4 unspecified atom stereocenters. The van der Waals surface area contributed by atoms with Gasteiger partial charge in [0.15, 0.2) is 0 Å². The van der Waals surface area contributed by atoms with Crippen LogP contribution in [0.4, 0.5) is 0 Å². The topological polar surface area (TPSA) is 90.0 Å². The molecule has 7 heteroatoms. The van der Waals surface area contributed by atoms with Gasteiger partial charge in [-0.15, -0.1) is 11.8 Å². The Morgan fingerprint density at radius 2 is 1.68 bits per heavy atom. The molecule has 1 saturated heterocycles. The highest BCUT2D eigenvalue weighted by Gasteiger charge is 2.39. The number of rotatable bonds is 6. The molecular formula is C21H25N3O3S. The van der Waals surface area contributed by atoms with E-state index < -0.39 is 12.5 Å². The number of hydrogen-bond donors (Lipinski definition) is 3. The van der Waals surface area contributed by atoms with Gasteiger partial charge in [-0.2, -0.15) is 0 Å². The molecule has 2 aromatic carbocycles. The van der Waals surface area contributed by atoms with Crippen molar-refractivity contribution in [2.24, 2.45) is 5.73 Å². The van der Waals surface area contributed by atoms with Crippen LogP contribution in [0, 0.1) is 0 Å². The molecule has 28 heavy (non-hydrogen) atoms. The summed E-state index contributed by atoms with van der Waals surface area (Å²) in [6.07, 6.45) is -0.999. The number of primary amides is 1. The highest BCUT2D eigenvalue weighted by Crippen LogP contribution is 2.41. The zero-order valence-electron chi connectivity index (χ0n) is 15.5. The molecule has 0 aliphatic carbocycles. The summed E-state index contributed by atoms with van der Waals surface area (Å²) in [6.45, 7) is 1.27. The maximum atomic E-state index is 11.9. The third kappa shape index (κ3) is 3.56. The summed E-state index contributed by atoms with van der Waals surface area (Å²) in [5.41, 5.74) is 8.24. The minimum Gasteiger partial charge on any atom is -0.374 e. The first-order valence-corrected chi connectivity index (χ1v) is 10.5. The van der Waals surface area contributed by atoms with Gasteiger partial charge >= 0.3 is 0 Å². The van der Waals surface area contributed by atoms with Gasteiger partial charge in [0.25, 0.3) is 0 Å². The summed E-state index contributed by atoms with van der Waals surface area (Å²) in [6, 6.07) is 17.5. The first-order valence-electron chi connectivity index (χ1n) is 9.50. The number of thioether (sulfide) groups is 1. The largest absolute Gasteiger partial charge is 0.374 e. The first kappa shape index (κ1) is 19.4. The van der Waals surface area contributed by atoms with Gasteiger partial charge in [0.05, 0.1) is 0 Å². The van der Waals surface area contributed by atoms with E-state index in [2.05, 4.69) is 17.0 Å². The molecule has 6 nitrogen and oxygen atoms in total. The summed E-state index contributed by atoms with van der Waals surface area (Å²) >= 11 is 1.57. The molecule has 2 aliphatic rings. The van der Waals surface area contributed by atoms with Crippen LogP contribution in [-0.4, -0.2) is 50.1 Å². The second-order valence-electron chi connectivity index (χ2n) is 7.19. The van der Waals surface area contributed by atoms with Gasteiger partial charge in [-0.1, -0.05) is 54.6 Å². The fraction of sp³-hybridized carbons (Fsp3) is 0.381. The lowest BCUT2D eigenvalue weighted by atomic mass is 10.0. The minimum absolute atomic E-state index is 0.0168. The fourth-order valence-corrected chi connectivity index (χ4v) is 5.38. The van der Waals surface area contributed by atoms with Gasteiger partial charge in [0.2, 0.25) is 5.91 Å². The molecule has 148 valence electrons. The van der Waals surface area contributed by atoms with Gasteiger partial charge in [-0.05, 0) is 12.0 Å². The van der Waals surface area contributed by atoms with Crippen LogP contribution in [0.5, 0.6) is 0 Å². The third-order valence-corrected chi connectivity index (χ3v) is 6.83. The Hall–Kier alpha value is -1.90. The summed E-state index contributed by atoms with van der Waals surface area (Å²) in [7, 11) is 0. The molecule has 0 saturated carbocycles. The van der Waals surface area contributed by atoms with E-state index in [0.717, 1.165) is 29.0 Å². The Morgan fingerprint density at radius 1 is 1.07 bits per heavy atom. The second-order valence-corrected chi connectivity index (χ2v) is 8.38. The number of hydrogen-bond acceptors (Lipinski definition) is 6. The highest BCUT2D eigenvalue weighted by atomic mass is 32.2. The van der Waals surface area contributed by atoms with E-state index in [1.165, 1.54) is 0 Å². The van der Waals surface area contributed by atoms with Crippen molar-refractivity contribution in [1.82, 2.24) is 9.80 Å². The molecule has 2 aliphatic heterocycles. The zero-order valence-corrected chi connectivity index (χ0v) is 16.3. The molecule has 0 aromatic heterocycles. The number of aliphatic hydroxyl groups is 2. The SMILES string of the molecule is NC(=O)C1SCCN1C(CCN1C(O)c2ccccc2C1O)c1ccccc1. The third-order valence-electron chi connectivity index (χ3n) is 5.60. The number of benzene rings is 2. The Kier molecular flexibility index (Phi) is 5.70. The first-order chi connectivity index (χ1) is 13.6. The van der Waals surface area contributed by atoms with E-state index in [-0.39, 0.29) is 17.3 Å². The number of fused-ring (bicyclic) bond motifs is 1. The van der Waals surface area contributed by atoms with Gasteiger partial charge in [0, 0.05) is 36.0 Å². The standard InChI is InChI=1S/C21H25N3O3S/c22-18(25)21-23(12-13-28-21)17(14-6-2-1-3-7-14)10-11-24-19(26)15-8-4-5-9-16(15)20(24)27/h1-9,17,19-21,26-27H,10-13H2,(H2,22,25). The van der Waals surface area contributed by atoms with Crippen molar-refractivity contribution in [3.8, 4) is 0 Å². The zero-order chi connectivity index (χ0) is 19.7. The molecule has 4 N–H and O–H groups in total. The average molecular weight is 400 g/mol. The Bertz CT molecular complexity index is 806. The van der Waals surface area contributed by atoms with E-state index in [1.807, 2.05) is 42.5 Å². The lowest BCUT2D eigenvalue weighted by Crippen LogP contribution is -2.42. The van der Waals surface area contributed by atoms with E-state index in [9.17, 15) is 15.0 Å². The molecule has 1 fully saturated rings. The molecule has 0 bridgehead atoms. The van der Waals surface area contributed by atoms with E-state index in [4.69, 9.17) is 5.73 Å². The molecule has 1 amide bonds. The Morgan fingerprint density at radius 3 is 2.29 bits per heavy atom. The van der Waals surface area contributed by atoms with Crippen LogP contribution in [0.2, 0.25) is 0 Å². The number of nitrogens with zero attached hydrogens (tertiary/aromatic N) is 2. The minimum atomic E-state index is -0.831. The van der Waals surface area contributed by atoms with Crippen LogP contribution in [0.15, 0.2) is 54.6 Å². The van der Waals surface area contributed by atoms with Crippen LogP contribution in [-0.2, 0) is 4.79 Å². The number of aliphatic hydroxyl groups excluding tert-OH is 2. The van der Waals surface area contributed by atoms with Gasteiger partial charge in [-0.25, -0.2) is 4.90 Å². The molecule has 4 atom stereocenters. The molecule has 2 heterocycles. The van der Waals surface area contributed by atoms with Gasteiger partial charge in [0.1, 0.15) is 17.8 Å². The predicted octanol–water partition coefficient (Wildman–Crippen LogP) is 1.98. The van der Waals surface area contributed by atoms with Crippen molar-refractivity contribution in [2.45, 2.75) is 30.3 Å². The molecular weight excluding hydrogens is 374 g/mol. The summed E-state index contributed by atoms with van der Waals surface area (Å²) < 4.78 is 0. The van der Waals surface area contributed by atoms with Crippen molar-refractivity contribution in [3.63, 3.8) is 0 Å². The van der Waals surface area contributed by atoms with Crippen LogP contribution < -0.4 is 5.73 Å². The fourth-order valence-electron chi connectivity index (χ4n) is 4.23. The van der Waals surface area contributed by atoms with Crippen LogP contribution in [0.25, 0.3) is 0 Å².